The highest BCUT2D eigenvalue weighted by Gasteiger charge is 2.24. The van der Waals surface area contributed by atoms with E-state index in [0.717, 1.165) is 6.07 Å². The Balaban J connectivity index is 3.82. The molecule has 0 aliphatic rings. The molecular weight excluding hydrogens is 352 g/mol. The summed E-state index contributed by atoms with van der Waals surface area (Å²) in [6.07, 6.45) is -3.51. The van der Waals surface area contributed by atoms with Crippen LogP contribution in [0.2, 0.25) is 0 Å². The van der Waals surface area contributed by atoms with Gasteiger partial charge in [0.25, 0.3) is 0 Å². The third-order valence-corrected chi connectivity index (χ3v) is 3.52. The molecule has 1 aromatic rings. The topological polar surface area (TPSA) is 186 Å². The zero-order valence-corrected chi connectivity index (χ0v) is 13.4. The number of carboxylic acid groups (broad SMARTS) is 5. The lowest BCUT2D eigenvalue weighted by Gasteiger charge is -2.19. The number of aliphatic carboxylic acids is 5. The SMILES string of the molecule is O=C(O)Cc1cc(CC(=O)O)c(CC(=O)O)c(CC(=O)O)c1CC(=O)O. The van der Waals surface area contributed by atoms with Crippen LogP contribution in [0.1, 0.15) is 27.8 Å². The second-order valence-electron chi connectivity index (χ2n) is 5.48. The van der Waals surface area contributed by atoms with Gasteiger partial charge >= 0.3 is 29.8 Å². The summed E-state index contributed by atoms with van der Waals surface area (Å²) < 4.78 is 0. The Labute approximate surface area is 146 Å². The van der Waals surface area contributed by atoms with E-state index in [1.165, 1.54) is 0 Å². The van der Waals surface area contributed by atoms with Crippen LogP contribution in [0, 0.1) is 0 Å². The van der Waals surface area contributed by atoms with Crippen molar-refractivity contribution in [3.05, 3.63) is 33.9 Å². The normalized spacial score (nSPS) is 10.3. The van der Waals surface area contributed by atoms with E-state index in [2.05, 4.69) is 0 Å². The van der Waals surface area contributed by atoms with Crippen molar-refractivity contribution in [3.63, 3.8) is 0 Å². The van der Waals surface area contributed by atoms with Gasteiger partial charge < -0.3 is 25.5 Å². The van der Waals surface area contributed by atoms with Crippen LogP contribution in [-0.4, -0.2) is 55.4 Å². The van der Waals surface area contributed by atoms with Gasteiger partial charge in [-0.1, -0.05) is 6.07 Å². The minimum absolute atomic E-state index is 0.0541. The summed E-state index contributed by atoms with van der Waals surface area (Å²) in [5.74, 6) is -6.78. The van der Waals surface area contributed by atoms with Crippen molar-refractivity contribution in [1.29, 1.82) is 0 Å². The molecule has 1 rings (SSSR count). The monoisotopic (exact) mass is 368 g/mol. The number of rotatable bonds is 10. The fraction of sp³-hybridized carbons (Fsp3) is 0.312. The van der Waals surface area contributed by atoms with Gasteiger partial charge in [0.2, 0.25) is 0 Å². The predicted molar refractivity (Wildman–Crippen MR) is 83.1 cm³/mol. The van der Waals surface area contributed by atoms with Crippen molar-refractivity contribution in [2.45, 2.75) is 32.1 Å². The minimum atomic E-state index is -1.39. The van der Waals surface area contributed by atoms with E-state index in [1.807, 2.05) is 0 Å². The third kappa shape index (κ3) is 5.89. The lowest BCUT2D eigenvalue weighted by atomic mass is 9.85. The Morgan fingerprint density at radius 2 is 0.769 bits per heavy atom. The fourth-order valence-electron chi connectivity index (χ4n) is 2.70. The number of hydrogen-bond donors (Lipinski definition) is 5. The van der Waals surface area contributed by atoms with Crippen molar-refractivity contribution in [2.75, 3.05) is 0 Å². The van der Waals surface area contributed by atoms with Crippen molar-refractivity contribution < 1.29 is 49.5 Å². The molecule has 0 saturated carbocycles. The molecule has 0 aliphatic carbocycles. The maximum absolute atomic E-state index is 11.2. The van der Waals surface area contributed by atoms with E-state index in [-0.39, 0.29) is 27.8 Å². The van der Waals surface area contributed by atoms with Gasteiger partial charge in [-0.25, -0.2) is 0 Å². The van der Waals surface area contributed by atoms with Crippen LogP contribution in [0.3, 0.4) is 0 Å². The third-order valence-electron chi connectivity index (χ3n) is 3.52. The average molecular weight is 368 g/mol. The van der Waals surface area contributed by atoms with E-state index in [0.29, 0.717) is 0 Å². The number of benzene rings is 1. The summed E-state index contributed by atoms with van der Waals surface area (Å²) in [6.45, 7) is 0. The van der Waals surface area contributed by atoms with Gasteiger partial charge in [0.05, 0.1) is 32.1 Å². The maximum atomic E-state index is 11.2. The molecule has 140 valence electrons. The van der Waals surface area contributed by atoms with Crippen LogP contribution in [0.25, 0.3) is 0 Å². The largest absolute Gasteiger partial charge is 0.481 e. The van der Waals surface area contributed by atoms with Crippen LogP contribution in [0.5, 0.6) is 0 Å². The molecule has 0 atom stereocenters. The molecule has 0 bridgehead atoms. The van der Waals surface area contributed by atoms with Crippen LogP contribution in [0.15, 0.2) is 6.07 Å². The number of carboxylic acids is 5. The Morgan fingerprint density at radius 1 is 0.500 bits per heavy atom. The molecule has 10 heteroatoms. The van der Waals surface area contributed by atoms with Gasteiger partial charge in [0, 0.05) is 0 Å². The first-order valence-electron chi connectivity index (χ1n) is 7.25. The summed E-state index contributed by atoms with van der Waals surface area (Å²) in [6, 6.07) is 1.13. The average Bonchev–Trinajstić information content (AvgIpc) is 2.44. The van der Waals surface area contributed by atoms with E-state index in [9.17, 15) is 24.0 Å². The fourth-order valence-corrected chi connectivity index (χ4v) is 2.70. The van der Waals surface area contributed by atoms with E-state index < -0.39 is 62.0 Å². The highest BCUT2D eigenvalue weighted by Crippen LogP contribution is 2.27. The summed E-state index contributed by atoms with van der Waals surface area (Å²) >= 11 is 0. The number of hydrogen-bond acceptors (Lipinski definition) is 5. The van der Waals surface area contributed by atoms with Crippen molar-refractivity contribution in [2.24, 2.45) is 0 Å². The van der Waals surface area contributed by atoms with E-state index in [1.54, 1.807) is 0 Å². The maximum Gasteiger partial charge on any atom is 0.307 e. The zero-order valence-electron chi connectivity index (χ0n) is 13.4. The highest BCUT2D eigenvalue weighted by atomic mass is 16.4. The van der Waals surface area contributed by atoms with Gasteiger partial charge in [-0.3, -0.25) is 24.0 Å². The van der Waals surface area contributed by atoms with Gasteiger partial charge in [-0.2, -0.15) is 0 Å². The Kier molecular flexibility index (Phi) is 6.82. The smallest absolute Gasteiger partial charge is 0.307 e. The molecule has 0 heterocycles. The Bertz CT molecular complexity index is 723. The molecule has 5 N–H and O–H groups in total. The summed E-state index contributed by atoms with van der Waals surface area (Å²) in [4.78, 5) is 55.6. The molecule has 26 heavy (non-hydrogen) atoms. The molecule has 0 saturated heterocycles. The second kappa shape index (κ2) is 8.60. The quantitative estimate of drug-likeness (QED) is 0.371. The molecule has 1 aromatic carbocycles. The first-order valence-corrected chi connectivity index (χ1v) is 7.25. The molecule has 0 unspecified atom stereocenters. The van der Waals surface area contributed by atoms with Crippen LogP contribution in [0.4, 0.5) is 0 Å². The van der Waals surface area contributed by atoms with Crippen LogP contribution < -0.4 is 0 Å². The molecule has 0 amide bonds. The van der Waals surface area contributed by atoms with Crippen LogP contribution >= 0.6 is 0 Å². The van der Waals surface area contributed by atoms with Crippen LogP contribution in [-0.2, 0) is 56.1 Å². The minimum Gasteiger partial charge on any atom is -0.481 e. The van der Waals surface area contributed by atoms with Gasteiger partial charge in [-0.15, -0.1) is 0 Å². The predicted octanol–water partition coefficient (Wildman–Crippen LogP) is -0.178. The molecule has 10 nitrogen and oxygen atoms in total. The Hall–Kier alpha value is -3.43. The van der Waals surface area contributed by atoms with Gasteiger partial charge in [-0.05, 0) is 27.8 Å². The summed E-state index contributed by atoms with van der Waals surface area (Å²) in [5, 5.41) is 45.3. The molecule has 0 aromatic heterocycles. The van der Waals surface area contributed by atoms with E-state index >= 15 is 0 Å². The second-order valence-corrected chi connectivity index (χ2v) is 5.48. The van der Waals surface area contributed by atoms with Crippen molar-refractivity contribution in [3.8, 4) is 0 Å². The van der Waals surface area contributed by atoms with Crippen molar-refractivity contribution >= 4 is 29.8 Å². The van der Waals surface area contributed by atoms with Gasteiger partial charge in [0.1, 0.15) is 0 Å². The zero-order chi connectivity index (χ0) is 20.0. The number of carbonyl (C=O) groups is 5. The summed E-state index contributed by atoms with van der Waals surface area (Å²) in [7, 11) is 0. The standard InChI is InChI=1S/C16H16O10/c17-12(18)2-7-1-8(3-13(19)20)10(5-15(23)24)11(6-16(25)26)9(7)4-14(21)22/h1H,2-6H2,(H,17,18)(H,19,20)(H,21,22)(H,23,24)(H,25,26). The first-order chi connectivity index (χ1) is 12.0. The van der Waals surface area contributed by atoms with Gasteiger partial charge in [0.15, 0.2) is 0 Å². The molecular formula is C16H16O10. The van der Waals surface area contributed by atoms with E-state index in [4.69, 9.17) is 25.5 Å². The van der Waals surface area contributed by atoms with Crippen molar-refractivity contribution in [1.82, 2.24) is 0 Å². The lowest BCUT2D eigenvalue weighted by Crippen LogP contribution is -2.19. The highest BCUT2D eigenvalue weighted by molar-refractivity contribution is 5.81. The molecule has 0 aliphatic heterocycles. The molecule has 0 spiro atoms. The lowest BCUT2D eigenvalue weighted by molar-refractivity contribution is -0.138. The Morgan fingerprint density at radius 3 is 1.04 bits per heavy atom. The molecule has 0 radical (unpaired) electrons. The first kappa shape index (κ1) is 20.6. The summed E-state index contributed by atoms with van der Waals surface area (Å²) in [5.41, 5.74) is -0.513. The molecule has 0 fully saturated rings.